The van der Waals surface area contributed by atoms with Crippen LogP contribution in [0.5, 0.6) is 0 Å². The molecule has 0 spiro atoms. The Labute approximate surface area is 188 Å². The molecule has 0 saturated carbocycles. The minimum atomic E-state index is -0.327. The van der Waals surface area contributed by atoms with Gasteiger partial charge in [0.05, 0.1) is 35.4 Å². The standard InChI is InChI=1S/C23H29N7O2/c1-15-6-7-20(12-25-15)28-18(4)21(8-9-24-5)29-22(31)19-10-26-23(27-11-19)30-13-16(2)32-17(3)14-30/h6-12,16-17,28H,5,13-14H2,1-4H3,(H,29,31)/b9-8-,21-18-/t16-,17+. The summed E-state index contributed by atoms with van der Waals surface area (Å²) in [6, 6.07) is 3.82. The molecule has 32 heavy (non-hydrogen) atoms. The fourth-order valence-corrected chi connectivity index (χ4v) is 3.35. The summed E-state index contributed by atoms with van der Waals surface area (Å²) in [4.78, 5) is 31.7. The molecule has 2 aromatic rings. The summed E-state index contributed by atoms with van der Waals surface area (Å²) < 4.78 is 5.75. The Morgan fingerprint density at radius 2 is 1.88 bits per heavy atom. The van der Waals surface area contributed by atoms with Gasteiger partial charge < -0.3 is 20.3 Å². The van der Waals surface area contributed by atoms with Gasteiger partial charge in [-0.1, -0.05) is 0 Å². The molecule has 1 fully saturated rings. The lowest BCUT2D eigenvalue weighted by Gasteiger charge is -2.35. The van der Waals surface area contributed by atoms with Gasteiger partial charge in [0.2, 0.25) is 5.95 Å². The summed E-state index contributed by atoms with van der Waals surface area (Å²) in [7, 11) is 0. The van der Waals surface area contributed by atoms with E-state index in [0.29, 0.717) is 30.3 Å². The third kappa shape index (κ3) is 6.21. The number of ether oxygens (including phenoxy) is 1. The number of rotatable bonds is 7. The number of morpholine rings is 1. The van der Waals surface area contributed by atoms with Gasteiger partial charge in [-0.05, 0) is 52.6 Å². The van der Waals surface area contributed by atoms with E-state index in [4.69, 9.17) is 4.74 Å². The Balaban J connectivity index is 1.73. The minimum Gasteiger partial charge on any atom is -0.372 e. The molecule has 0 aromatic carbocycles. The van der Waals surface area contributed by atoms with Crippen LogP contribution >= 0.6 is 0 Å². The van der Waals surface area contributed by atoms with Gasteiger partial charge in [0.15, 0.2) is 0 Å². The molecule has 168 valence electrons. The minimum absolute atomic E-state index is 0.0995. The van der Waals surface area contributed by atoms with Gasteiger partial charge in [0.25, 0.3) is 5.91 Å². The molecule has 9 nitrogen and oxygen atoms in total. The molecule has 0 unspecified atom stereocenters. The largest absolute Gasteiger partial charge is 0.372 e. The zero-order valence-corrected chi connectivity index (χ0v) is 18.9. The molecule has 2 atom stereocenters. The maximum atomic E-state index is 12.8. The number of nitrogens with one attached hydrogen (secondary N) is 2. The Morgan fingerprint density at radius 3 is 2.47 bits per heavy atom. The molecule has 2 aromatic heterocycles. The van der Waals surface area contributed by atoms with Crippen molar-refractivity contribution in [3.8, 4) is 0 Å². The Bertz CT molecular complexity index is 990. The summed E-state index contributed by atoms with van der Waals surface area (Å²) in [6.07, 6.45) is 8.16. The van der Waals surface area contributed by atoms with Crippen LogP contribution < -0.4 is 15.5 Å². The first-order valence-electron chi connectivity index (χ1n) is 10.4. The zero-order valence-electron chi connectivity index (χ0n) is 18.9. The first kappa shape index (κ1) is 23.1. The number of aliphatic imine (C=N–C) groups is 1. The number of aromatic nitrogens is 3. The number of nitrogens with zero attached hydrogens (tertiary/aromatic N) is 5. The predicted molar refractivity (Wildman–Crippen MR) is 126 cm³/mol. The lowest BCUT2D eigenvalue weighted by Crippen LogP contribution is -2.46. The first-order chi connectivity index (χ1) is 15.4. The summed E-state index contributed by atoms with van der Waals surface area (Å²) in [5.41, 5.74) is 3.35. The fraction of sp³-hybridized carbons (Fsp3) is 0.348. The van der Waals surface area contributed by atoms with Crippen LogP contribution in [0.4, 0.5) is 11.6 Å². The smallest absolute Gasteiger partial charge is 0.258 e. The molecule has 9 heteroatoms. The molecular formula is C23H29N7O2. The van der Waals surface area contributed by atoms with Gasteiger partial charge in [-0.2, -0.15) is 0 Å². The summed E-state index contributed by atoms with van der Waals surface area (Å²) >= 11 is 0. The maximum absolute atomic E-state index is 12.8. The van der Waals surface area contributed by atoms with E-state index < -0.39 is 0 Å². The Morgan fingerprint density at radius 1 is 1.19 bits per heavy atom. The van der Waals surface area contributed by atoms with E-state index in [1.165, 1.54) is 18.6 Å². The highest BCUT2D eigenvalue weighted by Crippen LogP contribution is 2.17. The second-order valence-electron chi connectivity index (χ2n) is 7.74. The number of amides is 1. The number of carbonyl (C=O) groups excluding carboxylic acids is 1. The van der Waals surface area contributed by atoms with Crippen LogP contribution in [0.2, 0.25) is 0 Å². The zero-order chi connectivity index (χ0) is 23.1. The number of hydrogen-bond acceptors (Lipinski definition) is 8. The van der Waals surface area contributed by atoms with E-state index in [1.807, 2.05) is 39.8 Å². The van der Waals surface area contributed by atoms with Crippen LogP contribution in [0, 0.1) is 6.92 Å². The number of hydrogen-bond donors (Lipinski definition) is 2. The van der Waals surface area contributed by atoms with E-state index in [0.717, 1.165) is 17.1 Å². The highest BCUT2D eigenvalue weighted by atomic mass is 16.5. The van der Waals surface area contributed by atoms with Gasteiger partial charge >= 0.3 is 0 Å². The van der Waals surface area contributed by atoms with E-state index in [-0.39, 0.29) is 18.1 Å². The average Bonchev–Trinajstić information content (AvgIpc) is 2.77. The topological polar surface area (TPSA) is 105 Å². The normalized spacial score (nSPS) is 19.4. The second kappa shape index (κ2) is 10.6. The lowest BCUT2D eigenvalue weighted by molar-refractivity contribution is -0.00572. The highest BCUT2D eigenvalue weighted by molar-refractivity contribution is 5.95. The molecule has 1 amide bonds. The molecule has 3 rings (SSSR count). The third-order valence-corrected chi connectivity index (χ3v) is 4.84. The molecule has 1 aliphatic rings. The van der Waals surface area contributed by atoms with Gasteiger partial charge in [-0.25, -0.2) is 9.97 Å². The number of pyridine rings is 1. The fourth-order valence-electron chi connectivity index (χ4n) is 3.35. The van der Waals surface area contributed by atoms with Crippen LogP contribution in [0.25, 0.3) is 0 Å². The van der Waals surface area contributed by atoms with E-state index in [1.54, 1.807) is 12.3 Å². The molecule has 1 saturated heterocycles. The van der Waals surface area contributed by atoms with Crippen molar-refractivity contribution in [1.29, 1.82) is 0 Å². The average molecular weight is 436 g/mol. The first-order valence-corrected chi connectivity index (χ1v) is 10.4. The van der Waals surface area contributed by atoms with Crippen molar-refractivity contribution in [3.05, 3.63) is 65.7 Å². The van der Waals surface area contributed by atoms with Crippen LogP contribution in [0.1, 0.15) is 36.8 Å². The van der Waals surface area contributed by atoms with Crippen LogP contribution in [-0.2, 0) is 4.74 Å². The van der Waals surface area contributed by atoms with Crippen molar-refractivity contribution in [2.45, 2.75) is 39.9 Å². The summed E-state index contributed by atoms with van der Waals surface area (Å²) in [5.74, 6) is 0.256. The van der Waals surface area contributed by atoms with Crippen LogP contribution in [-0.4, -0.2) is 52.9 Å². The summed E-state index contributed by atoms with van der Waals surface area (Å²) in [6.45, 7) is 12.7. The predicted octanol–water partition coefficient (Wildman–Crippen LogP) is 3.08. The van der Waals surface area contributed by atoms with Crippen molar-refractivity contribution in [2.24, 2.45) is 4.99 Å². The highest BCUT2D eigenvalue weighted by Gasteiger charge is 2.24. The molecule has 0 radical (unpaired) electrons. The molecule has 2 N–H and O–H groups in total. The SMILES string of the molecule is C=N/C=C\C(NC(=O)c1cnc(N2C[C@@H](C)O[C@@H](C)C2)nc1)=C(/C)Nc1ccc(C)nc1. The molecule has 0 bridgehead atoms. The molecule has 0 aliphatic carbocycles. The van der Waals surface area contributed by atoms with Crippen molar-refractivity contribution in [1.82, 2.24) is 20.3 Å². The van der Waals surface area contributed by atoms with Gasteiger partial charge in [0.1, 0.15) is 0 Å². The Kier molecular flexibility index (Phi) is 7.67. The van der Waals surface area contributed by atoms with Crippen molar-refractivity contribution in [3.63, 3.8) is 0 Å². The Hall–Kier alpha value is -3.59. The van der Waals surface area contributed by atoms with E-state index >= 15 is 0 Å². The quantitative estimate of drug-likeness (QED) is 0.509. The van der Waals surface area contributed by atoms with Crippen molar-refractivity contribution in [2.75, 3.05) is 23.3 Å². The summed E-state index contributed by atoms with van der Waals surface area (Å²) in [5, 5.41) is 6.12. The van der Waals surface area contributed by atoms with Gasteiger partial charge in [-0.3, -0.25) is 14.8 Å². The van der Waals surface area contributed by atoms with E-state index in [2.05, 4.69) is 42.2 Å². The van der Waals surface area contributed by atoms with Crippen molar-refractivity contribution >= 4 is 24.3 Å². The third-order valence-electron chi connectivity index (χ3n) is 4.84. The van der Waals surface area contributed by atoms with Gasteiger partial charge in [-0.15, -0.1) is 0 Å². The number of aryl methyl sites for hydroxylation is 1. The van der Waals surface area contributed by atoms with Crippen LogP contribution in [0.15, 0.2) is 59.4 Å². The molecular weight excluding hydrogens is 406 g/mol. The second-order valence-corrected chi connectivity index (χ2v) is 7.74. The van der Waals surface area contributed by atoms with Crippen LogP contribution in [0.3, 0.4) is 0 Å². The molecule has 3 heterocycles. The monoisotopic (exact) mass is 435 g/mol. The maximum Gasteiger partial charge on any atom is 0.258 e. The van der Waals surface area contributed by atoms with Gasteiger partial charge in [0, 0.05) is 43.1 Å². The number of allylic oxidation sites excluding steroid dienone is 2. The van der Waals surface area contributed by atoms with E-state index in [9.17, 15) is 4.79 Å². The van der Waals surface area contributed by atoms with Crippen molar-refractivity contribution < 1.29 is 9.53 Å². The lowest BCUT2D eigenvalue weighted by atomic mass is 10.2. The molecule has 1 aliphatic heterocycles. The number of anilines is 2. The number of carbonyl (C=O) groups is 1.